The van der Waals surface area contributed by atoms with E-state index >= 15 is 0 Å². The lowest BCUT2D eigenvalue weighted by molar-refractivity contribution is -0.137. The fourth-order valence-electron chi connectivity index (χ4n) is 3.26. The number of aromatic amines is 1. The molecule has 0 spiro atoms. The second-order valence-corrected chi connectivity index (χ2v) is 6.74. The average Bonchev–Trinajstić information content (AvgIpc) is 3.09. The zero-order valence-electron chi connectivity index (χ0n) is 15.8. The van der Waals surface area contributed by atoms with Gasteiger partial charge in [0, 0.05) is 12.1 Å². The second kappa shape index (κ2) is 7.94. The van der Waals surface area contributed by atoms with Crippen LogP contribution in [-0.2, 0) is 12.7 Å². The van der Waals surface area contributed by atoms with Crippen LogP contribution >= 0.6 is 0 Å². The van der Waals surface area contributed by atoms with Crippen LogP contribution in [0.1, 0.15) is 11.1 Å². The number of aromatic nitrogens is 2. The van der Waals surface area contributed by atoms with E-state index in [0.29, 0.717) is 23.7 Å². The lowest BCUT2D eigenvalue weighted by Crippen LogP contribution is -2.16. The molecule has 0 aliphatic heterocycles. The summed E-state index contributed by atoms with van der Waals surface area (Å²) in [7, 11) is 0. The first-order valence-corrected chi connectivity index (χ1v) is 9.29. The number of nitrogens with zero attached hydrogens (tertiary/aromatic N) is 1. The van der Waals surface area contributed by atoms with E-state index < -0.39 is 17.4 Å². The van der Waals surface area contributed by atoms with Gasteiger partial charge in [0.25, 0.3) is 0 Å². The maximum absolute atomic E-state index is 12.9. The molecule has 4 nitrogen and oxygen atoms in total. The smallest absolute Gasteiger partial charge is 0.366 e. The lowest BCUT2D eigenvalue weighted by Gasteiger charge is -2.12. The van der Waals surface area contributed by atoms with Crippen LogP contribution in [0.2, 0.25) is 0 Å². The van der Waals surface area contributed by atoms with Crippen molar-refractivity contribution in [3.63, 3.8) is 0 Å². The minimum atomic E-state index is -4.44. The number of H-pyrrole nitrogens is 1. The second-order valence-electron chi connectivity index (χ2n) is 6.74. The SMILES string of the molecule is O=c1[nH]c(NCc2ccccc2)c(-c2ccccc2)n1-c1ccc(C(F)(F)F)cc1. The number of hydrogen-bond acceptors (Lipinski definition) is 2. The molecule has 0 aliphatic carbocycles. The molecule has 2 N–H and O–H groups in total. The number of imidazole rings is 1. The summed E-state index contributed by atoms with van der Waals surface area (Å²) < 4.78 is 40.2. The number of rotatable bonds is 5. The summed E-state index contributed by atoms with van der Waals surface area (Å²) in [6.45, 7) is 0.480. The van der Waals surface area contributed by atoms with E-state index in [0.717, 1.165) is 23.3 Å². The first-order chi connectivity index (χ1) is 14.4. The molecule has 0 bridgehead atoms. The van der Waals surface area contributed by atoms with E-state index in [1.165, 1.54) is 16.7 Å². The molecule has 7 heteroatoms. The molecule has 0 amide bonds. The predicted molar refractivity (Wildman–Crippen MR) is 111 cm³/mol. The summed E-state index contributed by atoms with van der Waals surface area (Å²) in [6, 6.07) is 23.4. The van der Waals surface area contributed by atoms with Crippen molar-refractivity contribution in [1.29, 1.82) is 0 Å². The minimum Gasteiger partial charge on any atom is -0.366 e. The van der Waals surface area contributed by atoms with E-state index in [9.17, 15) is 18.0 Å². The van der Waals surface area contributed by atoms with Crippen LogP contribution in [0.5, 0.6) is 0 Å². The monoisotopic (exact) mass is 409 g/mol. The van der Waals surface area contributed by atoms with Crippen LogP contribution in [0.4, 0.5) is 19.0 Å². The third-order valence-corrected chi connectivity index (χ3v) is 4.71. The number of anilines is 1. The molecule has 0 fully saturated rings. The van der Waals surface area contributed by atoms with Crippen LogP contribution in [0, 0.1) is 0 Å². The van der Waals surface area contributed by atoms with Crippen LogP contribution < -0.4 is 11.0 Å². The first-order valence-electron chi connectivity index (χ1n) is 9.29. The Kier molecular flexibility index (Phi) is 5.18. The summed E-state index contributed by atoms with van der Waals surface area (Å²) in [5.41, 5.74) is 1.47. The summed E-state index contributed by atoms with van der Waals surface area (Å²) in [6.07, 6.45) is -4.44. The summed E-state index contributed by atoms with van der Waals surface area (Å²) in [5.74, 6) is 0.495. The molecule has 4 aromatic rings. The zero-order valence-corrected chi connectivity index (χ0v) is 15.8. The maximum Gasteiger partial charge on any atom is 0.416 e. The molecule has 30 heavy (non-hydrogen) atoms. The van der Waals surface area contributed by atoms with E-state index in [1.54, 1.807) is 0 Å². The van der Waals surface area contributed by atoms with Gasteiger partial charge in [-0.2, -0.15) is 13.2 Å². The van der Waals surface area contributed by atoms with Crippen LogP contribution in [0.15, 0.2) is 89.7 Å². The Morgan fingerprint density at radius 1 is 0.833 bits per heavy atom. The highest BCUT2D eigenvalue weighted by molar-refractivity contribution is 5.74. The molecule has 1 heterocycles. The fraction of sp³-hybridized carbons (Fsp3) is 0.0870. The van der Waals surface area contributed by atoms with Crippen molar-refractivity contribution in [2.75, 3.05) is 5.32 Å². The van der Waals surface area contributed by atoms with Gasteiger partial charge in [-0.15, -0.1) is 0 Å². The molecule has 4 rings (SSSR count). The normalized spacial score (nSPS) is 11.4. The molecule has 0 unspecified atom stereocenters. The largest absolute Gasteiger partial charge is 0.416 e. The van der Waals surface area contributed by atoms with E-state index in [-0.39, 0.29) is 0 Å². The molecule has 0 aliphatic rings. The van der Waals surface area contributed by atoms with Gasteiger partial charge in [0.2, 0.25) is 0 Å². The van der Waals surface area contributed by atoms with Gasteiger partial charge in [0.1, 0.15) is 5.82 Å². The van der Waals surface area contributed by atoms with Crippen molar-refractivity contribution in [2.24, 2.45) is 0 Å². The van der Waals surface area contributed by atoms with E-state index in [1.807, 2.05) is 60.7 Å². The Balaban J connectivity index is 1.78. The van der Waals surface area contributed by atoms with Gasteiger partial charge in [-0.25, -0.2) is 4.79 Å². The molecule has 3 aromatic carbocycles. The molecule has 0 radical (unpaired) electrons. The number of halogens is 3. The van der Waals surface area contributed by atoms with Crippen molar-refractivity contribution >= 4 is 5.82 Å². The Labute approximate surface area is 170 Å². The molecular weight excluding hydrogens is 391 g/mol. The zero-order chi connectivity index (χ0) is 21.1. The fourth-order valence-corrected chi connectivity index (χ4v) is 3.26. The Morgan fingerprint density at radius 2 is 1.43 bits per heavy atom. The number of nitrogens with one attached hydrogen (secondary N) is 2. The average molecular weight is 409 g/mol. The molecule has 1 aromatic heterocycles. The highest BCUT2D eigenvalue weighted by Gasteiger charge is 2.30. The summed E-state index contributed by atoms with van der Waals surface area (Å²) in [4.78, 5) is 15.6. The van der Waals surface area contributed by atoms with Crippen molar-refractivity contribution in [2.45, 2.75) is 12.7 Å². The molecule has 0 saturated carbocycles. The van der Waals surface area contributed by atoms with Crippen molar-refractivity contribution in [3.8, 4) is 16.9 Å². The van der Waals surface area contributed by atoms with Crippen LogP contribution in [0.25, 0.3) is 16.9 Å². The first kappa shape index (κ1) is 19.6. The van der Waals surface area contributed by atoms with Gasteiger partial charge in [-0.05, 0) is 29.8 Å². The van der Waals surface area contributed by atoms with Gasteiger partial charge in [-0.3, -0.25) is 9.55 Å². The Bertz CT molecular complexity index is 1180. The van der Waals surface area contributed by atoms with Crippen LogP contribution in [-0.4, -0.2) is 9.55 Å². The highest BCUT2D eigenvalue weighted by Crippen LogP contribution is 2.32. The van der Waals surface area contributed by atoms with Gasteiger partial charge < -0.3 is 5.32 Å². The van der Waals surface area contributed by atoms with Crippen LogP contribution in [0.3, 0.4) is 0 Å². The number of benzene rings is 3. The summed E-state index contributed by atoms with van der Waals surface area (Å²) >= 11 is 0. The number of hydrogen-bond donors (Lipinski definition) is 2. The predicted octanol–water partition coefficient (Wildman–Crippen LogP) is 5.46. The number of alkyl halides is 3. The van der Waals surface area contributed by atoms with Gasteiger partial charge in [-0.1, -0.05) is 60.7 Å². The van der Waals surface area contributed by atoms with Crippen molar-refractivity contribution < 1.29 is 13.2 Å². The highest BCUT2D eigenvalue weighted by atomic mass is 19.4. The van der Waals surface area contributed by atoms with Crippen molar-refractivity contribution in [1.82, 2.24) is 9.55 Å². The summed E-state index contributed by atoms with van der Waals surface area (Å²) in [5, 5.41) is 3.24. The van der Waals surface area contributed by atoms with E-state index in [2.05, 4.69) is 10.3 Å². The molecule has 0 atom stereocenters. The van der Waals surface area contributed by atoms with Crippen molar-refractivity contribution in [3.05, 3.63) is 107 Å². The quantitative estimate of drug-likeness (QED) is 0.460. The Hall–Kier alpha value is -3.74. The maximum atomic E-state index is 12.9. The third kappa shape index (κ3) is 4.00. The standard InChI is InChI=1S/C23H18F3N3O/c24-23(25,26)18-11-13-19(14-12-18)29-20(17-9-5-2-6-10-17)21(28-22(29)30)27-15-16-7-3-1-4-8-16/h1-14,27H,15H2,(H,28,30). The van der Waals surface area contributed by atoms with Gasteiger partial charge in [0.15, 0.2) is 0 Å². The Morgan fingerprint density at radius 3 is 2.03 bits per heavy atom. The van der Waals surface area contributed by atoms with Gasteiger partial charge >= 0.3 is 11.9 Å². The lowest BCUT2D eigenvalue weighted by atomic mass is 10.1. The minimum absolute atomic E-state index is 0.343. The topological polar surface area (TPSA) is 49.8 Å². The molecular formula is C23H18F3N3O. The molecule has 0 saturated heterocycles. The van der Waals surface area contributed by atoms with E-state index in [4.69, 9.17) is 0 Å². The van der Waals surface area contributed by atoms with Gasteiger partial charge in [0.05, 0.1) is 16.9 Å². The molecule has 152 valence electrons. The third-order valence-electron chi connectivity index (χ3n) is 4.71.